The van der Waals surface area contributed by atoms with Crippen molar-refractivity contribution in [2.75, 3.05) is 0 Å². The zero-order chi connectivity index (χ0) is 7.90. The van der Waals surface area contributed by atoms with Crippen LogP contribution in [0, 0.1) is 11.3 Å². The third kappa shape index (κ3) is 1.30. The van der Waals surface area contributed by atoms with Gasteiger partial charge in [0.1, 0.15) is 0 Å². The standard InChI is InChI=1S/C10H17Cl/c1-10(8-3-2-4-8)6-5-9(11)7-10/h8-9H,2-7H2,1H3. The molecule has 0 nitrogen and oxygen atoms in total. The van der Waals surface area contributed by atoms with Crippen molar-refractivity contribution >= 4 is 11.6 Å². The van der Waals surface area contributed by atoms with Crippen LogP contribution in [0.25, 0.3) is 0 Å². The monoisotopic (exact) mass is 172 g/mol. The third-order valence-electron chi connectivity index (χ3n) is 3.81. The van der Waals surface area contributed by atoms with Crippen molar-refractivity contribution in [1.29, 1.82) is 0 Å². The van der Waals surface area contributed by atoms with Crippen LogP contribution in [-0.4, -0.2) is 5.38 Å². The van der Waals surface area contributed by atoms with Crippen molar-refractivity contribution in [2.24, 2.45) is 11.3 Å². The molecule has 0 heterocycles. The first-order valence-electron chi connectivity index (χ1n) is 4.85. The van der Waals surface area contributed by atoms with Crippen molar-refractivity contribution in [3.8, 4) is 0 Å². The summed E-state index contributed by atoms with van der Waals surface area (Å²) in [6, 6.07) is 0. The summed E-state index contributed by atoms with van der Waals surface area (Å²) < 4.78 is 0. The lowest BCUT2D eigenvalue weighted by atomic mass is 9.65. The Labute approximate surface area is 74.3 Å². The van der Waals surface area contributed by atoms with Gasteiger partial charge in [-0.3, -0.25) is 0 Å². The molecule has 0 radical (unpaired) electrons. The predicted octanol–water partition coefficient (Wildman–Crippen LogP) is 3.58. The lowest BCUT2D eigenvalue weighted by Gasteiger charge is -2.40. The molecule has 0 amide bonds. The number of halogens is 1. The lowest BCUT2D eigenvalue weighted by Crippen LogP contribution is -2.30. The van der Waals surface area contributed by atoms with E-state index < -0.39 is 0 Å². The highest BCUT2D eigenvalue weighted by Crippen LogP contribution is 2.52. The largest absolute Gasteiger partial charge is 0.123 e. The van der Waals surface area contributed by atoms with Crippen LogP contribution in [0.3, 0.4) is 0 Å². The number of hydrogen-bond acceptors (Lipinski definition) is 0. The Hall–Kier alpha value is 0.290. The Morgan fingerprint density at radius 2 is 2.00 bits per heavy atom. The number of alkyl halides is 1. The molecule has 11 heavy (non-hydrogen) atoms. The van der Waals surface area contributed by atoms with Gasteiger partial charge in [-0.05, 0) is 43.4 Å². The maximum Gasteiger partial charge on any atom is 0.0341 e. The van der Waals surface area contributed by atoms with E-state index in [1.807, 2.05) is 0 Å². The van der Waals surface area contributed by atoms with Gasteiger partial charge in [-0.15, -0.1) is 11.6 Å². The lowest BCUT2D eigenvalue weighted by molar-refractivity contribution is 0.109. The molecule has 0 aliphatic heterocycles. The highest BCUT2D eigenvalue weighted by Gasteiger charge is 2.42. The predicted molar refractivity (Wildman–Crippen MR) is 48.9 cm³/mol. The van der Waals surface area contributed by atoms with Crippen molar-refractivity contribution in [2.45, 2.75) is 50.8 Å². The van der Waals surface area contributed by atoms with Crippen molar-refractivity contribution < 1.29 is 0 Å². The van der Waals surface area contributed by atoms with E-state index in [9.17, 15) is 0 Å². The van der Waals surface area contributed by atoms with Gasteiger partial charge in [0.15, 0.2) is 0 Å². The molecule has 2 fully saturated rings. The summed E-state index contributed by atoms with van der Waals surface area (Å²) in [4.78, 5) is 0. The van der Waals surface area contributed by atoms with E-state index in [0.29, 0.717) is 10.8 Å². The van der Waals surface area contributed by atoms with Crippen LogP contribution in [0.15, 0.2) is 0 Å². The SMILES string of the molecule is CC1(C2CCC2)CCC(Cl)C1. The van der Waals surface area contributed by atoms with Crippen LogP contribution in [0.1, 0.15) is 45.4 Å². The highest BCUT2D eigenvalue weighted by atomic mass is 35.5. The Bertz CT molecular complexity index is 151. The molecule has 2 atom stereocenters. The minimum absolute atomic E-state index is 0.487. The van der Waals surface area contributed by atoms with E-state index in [-0.39, 0.29) is 0 Å². The summed E-state index contributed by atoms with van der Waals surface area (Å²) in [7, 11) is 0. The second-order valence-electron chi connectivity index (χ2n) is 4.62. The molecule has 2 unspecified atom stereocenters. The zero-order valence-electron chi connectivity index (χ0n) is 7.28. The first kappa shape index (κ1) is 7.91. The van der Waals surface area contributed by atoms with E-state index in [0.717, 1.165) is 5.92 Å². The second kappa shape index (κ2) is 2.65. The topological polar surface area (TPSA) is 0 Å². The van der Waals surface area contributed by atoms with E-state index in [1.54, 1.807) is 0 Å². The first-order valence-corrected chi connectivity index (χ1v) is 5.28. The molecule has 2 rings (SSSR count). The normalized spacial score (nSPS) is 45.8. The fourth-order valence-electron chi connectivity index (χ4n) is 2.67. The van der Waals surface area contributed by atoms with Crippen LogP contribution in [0.2, 0.25) is 0 Å². The van der Waals surface area contributed by atoms with Gasteiger partial charge in [0.2, 0.25) is 0 Å². The summed E-state index contributed by atoms with van der Waals surface area (Å²) in [6.45, 7) is 2.44. The summed E-state index contributed by atoms with van der Waals surface area (Å²) in [5.41, 5.74) is 0.630. The van der Waals surface area contributed by atoms with Gasteiger partial charge in [0, 0.05) is 5.38 Å². The van der Waals surface area contributed by atoms with Crippen LogP contribution < -0.4 is 0 Å². The molecule has 0 N–H and O–H groups in total. The molecule has 0 bridgehead atoms. The van der Waals surface area contributed by atoms with Crippen LogP contribution in [-0.2, 0) is 0 Å². The molecular weight excluding hydrogens is 156 g/mol. The molecule has 2 saturated carbocycles. The average Bonchev–Trinajstić information content (AvgIpc) is 2.06. The van der Waals surface area contributed by atoms with Crippen molar-refractivity contribution in [1.82, 2.24) is 0 Å². The Balaban J connectivity index is 1.98. The minimum Gasteiger partial charge on any atom is -0.123 e. The van der Waals surface area contributed by atoms with E-state index >= 15 is 0 Å². The van der Waals surface area contributed by atoms with Crippen molar-refractivity contribution in [3.05, 3.63) is 0 Å². The molecule has 0 aromatic carbocycles. The van der Waals surface area contributed by atoms with E-state index in [1.165, 1.54) is 38.5 Å². The molecule has 1 heteroatoms. The van der Waals surface area contributed by atoms with Gasteiger partial charge in [-0.2, -0.15) is 0 Å². The zero-order valence-corrected chi connectivity index (χ0v) is 8.03. The van der Waals surface area contributed by atoms with Gasteiger partial charge >= 0.3 is 0 Å². The average molecular weight is 173 g/mol. The fraction of sp³-hybridized carbons (Fsp3) is 1.00. The quantitative estimate of drug-likeness (QED) is 0.531. The number of hydrogen-bond donors (Lipinski definition) is 0. The molecule has 2 aliphatic rings. The Kier molecular flexibility index (Phi) is 1.91. The maximum absolute atomic E-state index is 6.12. The smallest absolute Gasteiger partial charge is 0.0341 e. The molecule has 0 saturated heterocycles. The maximum atomic E-state index is 6.12. The number of rotatable bonds is 1. The molecule has 2 aliphatic carbocycles. The molecule has 64 valence electrons. The summed E-state index contributed by atoms with van der Waals surface area (Å²) in [6.07, 6.45) is 8.33. The Morgan fingerprint density at radius 1 is 1.27 bits per heavy atom. The van der Waals surface area contributed by atoms with Crippen molar-refractivity contribution in [3.63, 3.8) is 0 Å². The van der Waals surface area contributed by atoms with Gasteiger partial charge in [0.25, 0.3) is 0 Å². The van der Waals surface area contributed by atoms with Crippen LogP contribution in [0.4, 0.5) is 0 Å². The van der Waals surface area contributed by atoms with Gasteiger partial charge in [-0.25, -0.2) is 0 Å². The fourth-order valence-corrected chi connectivity index (χ4v) is 3.13. The third-order valence-corrected chi connectivity index (χ3v) is 4.18. The summed E-state index contributed by atoms with van der Waals surface area (Å²) >= 11 is 6.12. The molecule has 0 spiro atoms. The van der Waals surface area contributed by atoms with Gasteiger partial charge in [0.05, 0.1) is 0 Å². The Morgan fingerprint density at radius 3 is 2.36 bits per heavy atom. The first-order chi connectivity index (χ1) is 5.21. The second-order valence-corrected chi connectivity index (χ2v) is 5.24. The van der Waals surface area contributed by atoms with Crippen LogP contribution >= 0.6 is 11.6 Å². The molecular formula is C10H17Cl. The van der Waals surface area contributed by atoms with Gasteiger partial charge in [-0.1, -0.05) is 13.3 Å². The summed E-state index contributed by atoms with van der Waals surface area (Å²) in [5, 5.41) is 0.487. The van der Waals surface area contributed by atoms with E-state index in [2.05, 4.69) is 6.92 Å². The minimum atomic E-state index is 0.487. The molecule has 0 aromatic rings. The van der Waals surface area contributed by atoms with E-state index in [4.69, 9.17) is 11.6 Å². The van der Waals surface area contributed by atoms with Gasteiger partial charge < -0.3 is 0 Å². The summed E-state index contributed by atoms with van der Waals surface area (Å²) in [5.74, 6) is 1.02. The highest BCUT2D eigenvalue weighted by molar-refractivity contribution is 6.20. The van der Waals surface area contributed by atoms with Crippen LogP contribution in [0.5, 0.6) is 0 Å². The molecule has 0 aromatic heterocycles.